The summed E-state index contributed by atoms with van der Waals surface area (Å²) < 4.78 is 27.3. The second kappa shape index (κ2) is 7.45. The lowest BCUT2D eigenvalue weighted by Crippen LogP contribution is -2.53. The van der Waals surface area contributed by atoms with Gasteiger partial charge in [-0.1, -0.05) is 5.16 Å². The molecule has 8 nitrogen and oxygen atoms in total. The molecule has 30 heavy (non-hydrogen) atoms. The highest BCUT2D eigenvalue weighted by Gasteiger charge is 2.48. The predicted molar refractivity (Wildman–Crippen MR) is 103 cm³/mol. The van der Waals surface area contributed by atoms with Crippen LogP contribution in [0.3, 0.4) is 0 Å². The van der Waals surface area contributed by atoms with Gasteiger partial charge in [0.2, 0.25) is 11.8 Å². The van der Waals surface area contributed by atoms with E-state index in [-0.39, 0.29) is 5.71 Å². The first-order valence-electron chi connectivity index (χ1n) is 10.5. The SMILES string of the molecule is CC(F)(F)CC(NC(=O)C1=NOC2(CCN(C3CC3)CC2)C1)C(=O)NC1(C#N)CC1. The van der Waals surface area contributed by atoms with Crippen molar-refractivity contribution in [3.05, 3.63) is 0 Å². The Labute approximate surface area is 174 Å². The van der Waals surface area contributed by atoms with Gasteiger partial charge in [0.25, 0.3) is 5.91 Å². The van der Waals surface area contributed by atoms with Crippen LogP contribution in [0, 0.1) is 11.3 Å². The van der Waals surface area contributed by atoms with E-state index in [0.29, 0.717) is 32.2 Å². The van der Waals surface area contributed by atoms with Crippen molar-refractivity contribution >= 4 is 17.5 Å². The van der Waals surface area contributed by atoms with Crippen LogP contribution in [-0.2, 0) is 14.4 Å². The van der Waals surface area contributed by atoms with E-state index in [1.807, 2.05) is 6.07 Å². The molecule has 1 spiro atoms. The summed E-state index contributed by atoms with van der Waals surface area (Å²) >= 11 is 0. The van der Waals surface area contributed by atoms with Gasteiger partial charge < -0.3 is 20.4 Å². The predicted octanol–water partition coefficient (Wildman–Crippen LogP) is 1.46. The summed E-state index contributed by atoms with van der Waals surface area (Å²) in [6.45, 7) is 2.46. The van der Waals surface area contributed by atoms with Crippen LogP contribution in [0.2, 0.25) is 0 Å². The Kier molecular flexibility index (Phi) is 5.21. The van der Waals surface area contributed by atoms with Gasteiger partial charge in [-0.25, -0.2) is 8.78 Å². The molecule has 2 aliphatic heterocycles. The molecule has 164 valence electrons. The lowest BCUT2D eigenvalue weighted by molar-refractivity contribution is -0.129. The molecule has 2 heterocycles. The van der Waals surface area contributed by atoms with Crippen molar-refractivity contribution in [3.8, 4) is 6.07 Å². The Morgan fingerprint density at radius 3 is 2.53 bits per heavy atom. The van der Waals surface area contributed by atoms with E-state index in [4.69, 9.17) is 10.1 Å². The number of nitrogens with one attached hydrogen (secondary N) is 2. The minimum Gasteiger partial charge on any atom is -0.388 e. The van der Waals surface area contributed by atoms with Crippen molar-refractivity contribution in [2.75, 3.05) is 13.1 Å². The molecule has 0 bridgehead atoms. The van der Waals surface area contributed by atoms with E-state index in [2.05, 4.69) is 20.7 Å². The topological polar surface area (TPSA) is 107 Å². The molecule has 2 saturated carbocycles. The molecule has 3 fully saturated rings. The highest BCUT2D eigenvalue weighted by molar-refractivity contribution is 6.39. The molecule has 0 aromatic rings. The number of halogens is 2. The van der Waals surface area contributed by atoms with Gasteiger partial charge in [-0.2, -0.15) is 5.26 Å². The molecule has 2 aliphatic carbocycles. The standard InChI is InChI=1S/C20H27F2N5O3/c1-18(21,22)10-14(17(29)25-19(12-23)4-5-19)24-16(28)15-11-20(30-26-15)6-8-27(9-7-20)13-2-3-13/h13-14H,2-11H2,1H3,(H,24,28)(H,25,29). The first-order valence-corrected chi connectivity index (χ1v) is 10.5. The summed E-state index contributed by atoms with van der Waals surface area (Å²) in [6.07, 6.45) is 4.36. The smallest absolute Gasteiger partial charge is 0.269 e. The molecule has 1 unspecified atom stereocenters. The third-order valence-corrected chi connectivity index (χ3v) is 6.38. The molecular weight excluding hydrogens is 396 g/mol. The largest absolute Gasteiger partial charge is 0.388 e. The highest BCUT2D eigenvalue weighted by atomic mass is 19.3. The number of hydrogen-bond donors (Lipinski definition) is 2. The number of nitrogens with zero attached hydrogens (tertiary/aromatic N) is 3. The van der Waals surface area contributed by atoms with Crippen molar-refractivity contribution in [1.29, 1.82) is 5.26 Å². The molecule has 1 saturated heterocycles. The fourth-order valence-corrected chi connectivity index (χ4v) is 4.17. The van der Waals surface area contributed by atoms with Crippen molar-refractivity contribution in [3.63, 3.8) is 0 Å². The fraction of sp³-hybridized carbons (Fsp3) is 0.800. The summed E-state index contributed by atoms with van der Waals surface area (Å²) in [5.41, 5.74) is -1.41. The van der Waals surface area contributed by atoms with Crippen molar-refractivity contribution in [2.45, 2.75) is 87.4 Å². The quantitative estimate of drug-likeness (QED) is 0.645. The zero-order valence-electron chi connectivity index (χ0n) is 17.0. The number of hydrogen-bond acceptors (Lipinski definition) is 6. The zero-order valence-corrected chi connectivity index (χ0v) is 17.0. The first kappa shape index (κ1) is 21.0. The van der Waals surface area contributed by atoms with Crippen LogP contribution in [-0.4, -0.2) is 64.7 Å². The third kappa shape index (κ3) is 4.72. The Hall–Kier alpha value is -2.28. The van der Waals surface area contributed by atoms with Crippen molar-refractivity contribution in [1.82, 2.24) is 15.5 Å². The molecule has 1 atom stereocenters. The Morgan fingerprint density at radius 2 is 2.00 bits per heavy atom. The molecular formula is C20H27F2N5O3. The minimum absolute atomic E-state index is 0.119. The van der Waals surface area contributed by atoms with E-state index in [1.54, 1.807) is 0 Å². The normalized spacial score (nSPS) is 25.6. The number of amides is 2. The monoisotopic (exact) mass is 423 g/mol. The number of carbonyl (C=O) groups is 2. The van der Waals surface area contributed by atoms with E-state index >= 15 is 0 Å². The van der Waals surface area contributed by atoms with Gasteiger partial charge in [-0.15, -0.1) is 0 Å². The molecule has 4 aliphatic rings. The van der Waals surface area contributed by atoms with Crippen molar-refractivity contribution < 1.29 is 23.2 Å². The number of carbonyl (C=O) groups excluding carboxylic acids is 2. The summed E-state index contributed by atoms with van der Waals surface area (Å²) in [5, 5.41) is 17.9. The van der Waals surface area contributed by atoms with Gasteiger partial charge in [-0.3, -0.25) is 9.59 Å². The molecule has 0 aromatic carbocycles. The molecule has 2 N–H and O–H groups in total. The fourth-order valence-electron chi connectivity index (χ4n) is 4.17. The van der Waals surface area contributed by atoms with E-state index < -0.39 is 41.3 Å². The number of oxime groups is 1. The third-order valence-electron chi connectivity index (χ3n) is 6.38. The summed E-state index contributed by atoms with van der Waals surface area (Å²) in [6, 6.07) is 1.20. The van der Waals surface area contributed by atoms with Crippen LogP contribution in [0.5, 0.6) is 0 Å². The van der Waals surface area contributed by atoms with Gasteiger partial charge in [0.05, 0.1) is 6.07 Å². The Balaban J connectivity index is 1.35. The maximum atomic E-state index is 13.6. The molecule has 2 amide bonds. The van der Waals surface area contributed by atoms with Gasteiger partial charge in [0.1, 0.15) is 22.9 Å². The Morgan fingerprint density at radius 1 is 1.33 bits per heavy atom. The van der Waals surface area contributed by atoms with Gasteiger partial charge >= 0.3 is 0 Å². The number of rotatable bonds is 7. The molecule has 0 aromatic heterocycles. The summed E-state index contributed by atoms with van der Waals surface area (Å²) in [5.74, 6) is -4.62. The van der Waals surface area contributed by atoms with Crippen LogP contribution >= 0.6 is 0 Å². The first-order chi connectivity index (χ1) is 14.1. The van der Waals surface area contributed by atoms with Gasteiger partial charge in [0.15, 0.2) is 0 Å². The van der Waals surface area contributed by atoms with Crippen LogP contribution in [0.15, 0.2) is 5.16 Å². The minimum atomic E-state index is -3.16. The average Bonchev–Trinajstić information content (AvgIpc) is 3.60. The summed E-state index contributed by atoms with van der Waals surface area (Å²) in [4.78, 5) is 33.2. The molecule has 10 heteroatoms. The van der Waals surface area contributed by atoms with Gasteiger partial charge in [-0.05, 0) is 32.6 Å². The van der Waals surface area contributed by atoms with E-state index in [1.165, 1.54) is 12.8 Å². The molecule has 4 rings (SSSR count). The second-order valence-corrected chi connectivity index (χ2v) is 9.24. The molecule has 0 radical (unpaired) electrons. The maximum absolute atomic E-state index is 13.6. The van der Waals surface area contributed by atoms with Crippen LogP contribution in [0.25, 0.3) is 0 Å². The zero-order chi connectivity index (χ0) is 21.6. The second-order valence-electron chi connectivity index (χ2n) is 9.24. The van der Waals surface area contributed by atoms with Crippen LogP contribution < -0.4 is 10.6 Å². The maximum Gasteiger partial charge on any atom is 0.269 e. The van der Waals surface area contributed by atoms with Crippen LogP contribution in [0.4, 0.5) is 8.78 Å². The van der Waals surface area contributed by atoms with Crippen LogP contribution in [0.1, 0.15) is 58.3 Å². The summed E-state index contributed by atoms with van der Waals surface area (Å²) in [7, 11) is 0. The number of piperidine rings is 1. The highest BCUT2D eigenvalue weighted by Crippen LogP contribution is 2.38. The number of alkyl halides is 2. The van der Waals surface area contributed by atoms with Crippen molar-refractivity contribution in [2.24, 2.45) is 5.16 Å². The lowest BCUT2D eigenvalue weighted by Gasteiger charge is -2.37. The van der Waals surface area contributed by atoms with E-state index in [0.717, 1.165) is 25.9 Å². The van der Waals surface area contributed by atoms with E-state index in [9.17, 15) is 18.4 Å². The van der Waals surface area contributed by atoms with Gasteiger partial charge in [0, 0.05) is 44.8 Å². The number of nitriles is 1. The average molecular weight is 423 g/mol. The number of likely N-dealkylation sites (tertiary alicyclic amines) is 1. The lowest BCUT2D eigenvalue weighted by atomic mass is 9.86. The Bertz CT molecular complexity index is 787.